The van der Waals surface area contributed by atoms with E-state index in [1.54, 1.807) is 13.0 Å². The number of hydrogen-bond acceptors (Lipinski definition) is 4. The molecule has 1 aliphatic heterocycles. The number of hydrogen-bond donors (Lipinski definition) is 1. The van der Waals surface area contributed by atoms with Gasteiger partial charge in [0.25, 0.3) is 5.69 Å². The highest BCUT2D eigenvalue weighted by Crippen LogP contribution is 2.33. The molecule has 0 radical (unpaired) electrons. The van der Waals surface area contributed by atoms with E-state index in [1.165, 1.54) is 0 Å². The molecule has 0 aromatic heterocycles. The van der Waals surface area contributed by atoms with Crippen molar-refractivity contribution in [2.45, 2.75) is 26.3 Å². The quantitative estimate of drug-likeness (QED) is 0.641. The lowest BCUT2D eigenvalue weighted by atomic mass is 10.1. The molecule has 0 bridgehead atoms. The van der Waals surface area contributed by atoms with Crippen molar-refractivity contribution in [2.75, 3.05) is 24.5 Å². The summed E-state index contributed by atoms with van der Waals surface area (Å²) in [4.78, 5) is 13.1. The van der Waals surface area contributed by atoms with Gasteiger partial charge in [-0.05, 0) is 19.4 Å². The summed E-state index contributed by atoms with van der Waals surface area (Å²) < 4.78 is 0. The number of nitrogens with zero attached hydrogens (tertiary/aromatic N) is 2. The van der Waals surface area contributed by atoms with E-state index in [9.17, 15) is 10.1 Å². The molecular formula is C13H19N3O2. The van der Waals surface area contributed by atoms with Crippen molar-refractivity contribution in [3.8, 4) is 0 Å². The standard InChI is InChI=1S/C13H19N3O2/c1-3-7-15(11-8-14-9-11)12-6-4-5-10(2)13(12)16(17)18/h4-6,11,14H,3,7-9H2,1-2H3. The maximum atomic E-state index is 11.2. The van der Waals surface area contributed by atoms with Gasteiger partial charge in [-0.3, -0.25) is 10.1 Å². The van der Waals surface area contributed by atoms with Gasteiger partial charge < -0.3 is 10.2 Å². The normalized spacial score (nSPS) is 15.2. The first kappa shape index (κ1) is 12.8. The lowest BCUT2D eigenvalue weighted by Crippen LogP contribution is -2.57. The van der Waals surface area contributed by atoms with Crippen LogP contribution < -0.4 is 10.2 Å². The van der Waals surface area contributed by atoms with E-state index < -0.39 is 0 Å². The van der Waals surface area contributed by atoms with Crippen molar-refractivity contribution < 1.29 is 4.92 Å². The number of para-hydroxylation sites is 1. The van der Waals surface area contributed by atoms with Gasteiger partial charge in [0.1, 0.15) is 5.69 Å². The average molecular weight is 249 g/mol. The van der Waals surface area contributed by atoms with Crippen LogP contribution in [0.2, 0.25) is 0 Å². The molecule has 5 heteroatoms. The Morgan fingerprint density at radius 2 is 2.22 bits per heavy atom. The summed E-state index contributed by atoms with van der Waals surface area (Å²) in [7, 11) is 0. The first-order valence-electron chi connectivity index (χ1n) is 6.36. The van der Waals surface area contributed by atoms with E-state index >= 15 is 0 Å². The molecule has 18 heavy (non-hydrogen) atoms. The predicted octanol–water partition coefficient (Wildman–Crippen LogP) is 2.09. The van der Waals surface area contributed by atoms with Crippen molar-refractivity contribution in [1.29, 1.82) is 0 Å². The van der Waals surface area contributed by atoms with Crippen LogP contribution in [0.3, 0.4) is 0 Å². The Kier molecular flexibility index (Phi) is 3.81. The second-order valence-electron chi connectivity index (χ2n) is 4.71. The van der Waals surface area contributed by atoms with Crippen LogP contribution >= 0.6 is 0 Å². The summed E-state index contributed by atoms with van der Waals surface area (Å²) in [6.07, 6.45) is 0.988. The van der Waals surface area contributed by atoms with Crippen molar-refractivity contribution in [2.24, 2.45) is 0 Å². The monoisotopic (exact) mass is 249 g/mol. The Morgan fingerprint density at radius 3 is 2.72 bits per heavy atom. The fourth-order valence-corrected chi connectivity index (χ4v) is 2.35. The van der Waals surface area contributed by atoms with E-state index in [-0.39, 0.29) is 10.6 Å². The first-order chi connectivity index (χ1) is 8.65. The van der Waals surface area contributed by atoms with Crippen molar-refractivity contribution in [1.82, 2.24) is 5.32 Å². The Balaban J connectivity index is 2.39. The van der Waals surface area contributed by atoms with Gasteiger partial charge in [0.15, 0.2) is 0 Å². The second kappa shape index (κ2) is 5.35. The van der Waals surface area contributed by atoms with Gasteiger partial charge in [0, 0.05) is 25.2 Å². The van der Waals surface area contributed by atoms with Crippen molar-refractivity contribution in [3.63, 3.8) is 0 Å². The van der Waals surface area contributed by atoms with Crippen LogP contribution in [0.5, 0.6) is 0 Å². The van der Waals surface area contributed by atoms with Gasteiger partial charge in [-0.15, -0.1) is 0 Å². The maximum Gasteiger partial charge on any atom is 0.295 e. The highest BCUT2D eigenvalue weighted by atomic mass is 16.6. The molecule has 1 fully saturated rings. The van der Waals surface area contributed by atoms with E-state index in [4.69, 9.17) is 0 Å². The zero-order chi connectivity index (χ0) is 13.1. The molecule has 0 saturated carbocycles. The lowest BCUT2D eigenvalue weighted by Gasteiger charge is -2.39. The summed E-state index contributed by atoms with van der Waals surface area (Å²) in [5.41, 5.74) is 1.73. The summed E-state index contributed by atoms with van der Waals surface area (Å²) >= 11 is 0. The van der Waals surface area contributed by atoms with Crippen LogP contribution in [0, 0.1) is 17.0 Å². The van der Waals surface area contributed by atoms with E-state index in [0.29, 0.717) is 6.04 Å². The molecule has 0 unspecified atom stereocenters. The number of nitro benzene ring substituents is 1. The molecule has 1 aliphatic rings. The Labute approximate surface area is 107 Å². The number of benzene rings is 1. The third kappa shape index (κ3) is 2.31. The predicted molar refractivity (Wildman–Crippen MR) is 72.1 cm³/mol. The summed E-state index contributed by atoms with van der Waals surface area (Å²) in [6.45, 7) is 6.57. The largest absolute Gasteiger partial charge is 0.360 e. The first-order valence-corrected chi connectivity index (χ1v) is 6.36. The molecule has 0 spiro atoms. The van der Waals surface area contributed by atoms with Gasteiger partial charge in [-0.25, -0.2) is 0 Å². The van der Waals surface area contributed by atoms with E-state index in [1.807, 2.05) is 12.1 Å². The average Bonchev–Trinajstić information content (AvgIpc) is 2.25. The van der Waals surface area contributed by atoms with Gasteiger partial charge in [0.2, 0.25) is 0 Å². The van der Waals surface area contributed by atoms with Gasteiger partial charge in [0.05, 0.1) is 11.0 Å². The molecule has 1 N–H and O–H groups in total. The molecule has 1 saturated heterocycles. The van der Waals surface area contributed by atoms with Gasteiger partial charge >= 0.3 is 0 Å². The Bertz CT molecular complexity index is 444. The molecular weight excluding hydrogens is 230 g/mol. The number of nitrogens with one attached hydrogen (secondary N) is 1. The van der Waals surface area contributed by atoms with Crippen LogP contribution in [0.1, 0.15) is 18.9 Å². The molecule has 5 nitrogen and oxygen atoms in total. The van der Waals surface area contributed by atoms with Crippen LogP contribution in [-0.4, -0.2) is 30.6 Å². The summed E-state index contributed by atoms with van der Waals surface area (Å²) in [5, 5.41) is 14.5. The lowest BCUT2D eigenvalue weighted by molar-refractivity contribution is -0.384. The molecule has 1 heterocycles. The highest BCUT2D eigenvalue weighted by molar-refractivity contribution is 5.67. The number of anilines is 1. The Hall–Kier alpha value is -1.62. The molecule has 1 aromatic rings. The van der Waals surface area contributed by atoms with Crippen LogP contribution in [-0.2, 0) is 0 Å². The minimum atomic E-state index is -0.264. The third-order valence-electron chi connectivity index (χ3n) is 3.37. The van der Waals surface area contributed by atoms with Gasteiger partial charge in [-0.2, -0.15) is 0 Å². The molecule has 1 aromatic carbocycles. The number of nitro groups is 1. The van der Waals surface area contributed by atoms with Crippen molar-refractivity contribution in [3.05, 3.63) is 33.9 Å². The van der Waals surface area contributed by atoms with Crippen LogP contribution in [0.25, 0.3) is 0 Å². The fraction of sp³-hybridized carbons (Fsp3) is 0.538. The maximum absolute atomic E-state index is 11.2. The number of rotatable bonds is 5. The molecule has 0 atom stereocenters. The molecule has 98 valence electrons. The molecule has 0 amide bonds. The van der Waals surface area contributed by atoms with E-state index in [0.717, 1.165) is 37.3 Å². The zero-order valence-corrected chi connectivity index (χ0v) is 10.8. The Morgan fingerprint density at radius 1 is 1.50 bits per heavy atom. The smallest absolute Gasteiger partial charge is 0.295 e. The summed E-state index contributed by atoms with van der Waals surface area (Å²) in [5.74, 6) is 0. The minimum absolute atomic E-state index is 0.248. The molecule has 2 rings (SSSR count). The van der Waals surface area contributed by atoms with Crippen LogP contribution in [0.15, 0.2) is 18.2 Å². The summed E-state index contributed by atoms with van der Waals surface area (Å²) in [6, 6.07) is 5.93. The van der Waals surface area contributed by atoms with E-state index in [2.05, 4.69) is 17.1 Å². The highest BCUT2D eigenvalue weighted by Gasteiger charge is 2.29. The SMILES string of the molecule is CCCN(c1cccc(C)c1[N+](=O)[O-])C1CNC1. The fourth-order valence-electron chi connectivity index (χ4n) is 2.35. The minimum Gasteiger partial charge on any atom is -0.360 e. The van der Waals surface area contributed by atoms with Gasteiger partial charge in [-0.1, -0.05) is 19.1 Å². The molecule has 0 aliphatic carbocycles. The number of aryl methyl sites for hydroxylation is 1. The van der Waals surface area contributed by atoms with Crippen LogP contribution in [0.4, 0.5) is 11.4 Å². The zero-order valence-electron chi connectivity index (χ0n) is 10.8. The second-order valence-corrected chi connectivity index (χ2v) is 4.71. The topological polar surface area (TPSA) is 58.4 Å². The third-order valence-corrected chi connectivity index (χ3v) is 3.37. The van der Waals surface area contributed by atoms with Crippen molar-refractivity contribution >= 4 is 11.4 Å².